The Kier molecular flexibility index (Phi) is 2.11. The van der Waals surface area contributed by atoms with Gasteiger partial charge in [0.05, 0.1) is 10.8 Å². The molecule has 0 spiro atoms. The first-order valence-corrected chi connectivity index (χ1v) is 6.57. The first-order chi connectivity index (χ1) is 9.24. The highest BCUT2D eigenvalue weighted by Crippen LogP contribution is 2.33. The summed E-state index contributed by atoms with van der Waals surface area (Å²) in [7, 11) is 0. The van der Waals surface area contributed by atoms with Crippen LogP contribution in [0.1, 0.15) is 0 Å². The van der Waals surface area contributed by atoms with Crippen molar-refractivity contribution >= 4 is 48.8 Å². The molecule has 2 aromatic heterocycles. The average Bonchev–Trinajstić information content (AvgIpc) is 2.78. The van der Waals surface area contributed by atoms with Crippen LogP contribution in [0.3, 0.4) is 0 Å². The van der Waals surface area contributed by atoms with Gasteiger partial charge < -0.3 is 8.83 Å². The Balaban J connectivity index is 2.36. The van der Waals surface area contributed by atoms with Crippen molar-refractivity contribution in [2.75, 3.05) is 0 Å². The SMILES string of the molecule is O=c1oc2c3cc(Br)ccc3oc2c2ccccc12. The van der Waals surface area contributed by atoms with Gasteiger partial charge in [0.25, 0.3) is 0 Å². The molecule has 0 saturated heterocycles. The van der Waals surface area contributed by atoms with E-state index in [4.69, 9.17) is 8.83 Å². The molecule has 4 rings (SSSR count). The summed E-state index contributed by atoms with van der Waals surface area (Å²) in [5, 5.41) is 2.11. The lowest BCUT2D eigenvalue weighted by Crippen LogP contribution is -1.98. The number of fused-ring (bicyclic) bond motifs is 5. The fraction of sp³-hybridized carbons (Fsp3) is 0. The number of benzene rings is 2. The monoisotopic (exact) mass is 314 g/mol. The number of halogens is 1. The lowest BCUT2D eigenvalue weighted by molar-refractivity contribution is 0.564. The van der Waals surface area contributed by atoms with E-state index in [1.807, 2.05) is 36.4 Å². The molecule has 0 aliphatic carbocycles. The predicted molar refractivity (Wildman–Crippen MR) is 77.5 cm³/mol. The van der Waals surface area contributed by atoms with E-state index in [-0.39, 0.29) is 5.63 Å². The van der Waals surface area contributed by atoms with Crippen LogP contribution in [0.4, 0.5) is 0 Å². The number of furan rings is 1. The molecule has 2 heterocycles. The Morgan fingerprint density at radius 3 is 2.42 bits per heavy atom. The third-order valence-electron chi connectivity index (χ3n) is 3.19. The zero-order valence-corrected chi connectivity index (χ0v) is 11.2. The molecule has 0 fully saturated rings. The molecule has 0 N–H and O–H groups in total. The highest BCUT2D eigenvalue weighted by molar-refractivity contribution is 9.10. The van der Waals surface area contributed by atoms with Gasteiger partial charge in [0.2, 0.25) is 0 Å². The van der Waals surface area contributed by atoms with Crippen molar-refractivity contribution in [2.45, 2.75) is 0 Å². The van der Waals surface area contributed by atoms with Gasteiger partial charge in [-0.1, -0.05) is 34.1 Å². The van der Waals surface area contributed by atoms with Crippen LogP contribution in [-0.4, -0.2) is 0 Å². The zero-order chi connectivity index (χ0) is 13.0. The molecule has 0 aliphatic heterocycles. The van der Waals surface area contributed by atoms with Gasteiger partial charge in [-0.05, 0) is 24.3 Å². The van der Waals surface area contributed by atoms with Crippen molar-refractivity contribution in [3.63, 3.8) is 0 Å². The van der Waals surface area contributed by atoms with Crippen LogP contribution in [0.15, 0.2) is 60.6 Å². The van der Waals surface area contributed by atoms with Crippen LogP contribution in [0.25, 0.3) is 32.9 Å². The van der Waals surface area contributed by atoms with Crippen molar-refractivity contribution in [1.82, 2.24) is 0 Å². The maximum atomic E-state index is 12.0. The summed E-state index contributed by atoms with van der Waals surface area (Å²) in [6, 6.07) is 12.9. The minimum Gasteiger partial charge on any atom is -0.452 e. The molecule has 3 nitrogen and oxygen atoms in total. The van der Waals surface area contributed by atoms with Gasteiger partial charge in [0, 0.05) is 9.86 Å². The molecule has 0 radical (unpaired) electrons. The lowest BCUT2D eigenvalue weighted by atomic mass is 10.1. The number of rotatable bonds is 0. The summed E-state index contributed by atoms with van der Waals surface area (Å²) >= 11 is 3.41. The standard InChI is InChI=1S/C15H7BrO3/c16-8-5-6-12-11(7-8)14-13(18-12)9-3-1-2-4-10(9)15(17)19-14/h1-7H. The molecule has 0 atom stereocenters. The molecule has 4 aromatic rings. The molecule has 2 aromatic carbocycles. The van der Waals surface area contributed by atoms with Crippen LogP contribution >= 0.6 is 15.9 Å². The summed E-state index contributed by atoms with van der Waals surface area (Å²) in [6.07, 6.45) is 0. The first-order valence-electron chi connectivity index (χ1n) is 5.77. The molecule has 19 heavy (non-hydrogen) atoms. The topological polar surface area (TPSA) is 43.4 Å². The normalized spacial score (nSPS) is 11.6. The van der Waals surface area contributed by atoms with Crippen LogP contribution < -0.4 is 5.63 Å². The molecular weight excluding hydrogens is 308 g/mol. The van der Waals surface area contributed by atoms with E-state index in [1.54, 1.807) is 6.07 Å². The van der Waals surface area contributed by atoms with E-state index < -0.39 is 0 Å². The largest absolute Gasteiger partial charge is 0.452 e. The fourth-order valence-electron chi connectivity index (χ4n) is 2.33. The lowest BCUT2D eigenvalue weighted by Gasteiger charge is -1.95. The second kappa shape index (κ2) is 3.71. The van der Waals surface area contributed by atoms with E-state index in [9.17, 15) is 4.79 Å². The first kappa shape index (κ1) is 10.8. The van der Waals surface area contributed by atoms with Gasteiger partial charge in [-0.2, -0.15) is 0 Å². The molecule has 0 amide bonds. The average molecular weight is 315 g/mol. The molecule has 0 aliphatic rings. The minimum absolute atomic E-state index is 0.342. The maximum absolute atomic E-state index is 12.0. The Bertz CT molecular complexity index is 995. The van der Waals surface area contributed by atoms with E-state index in [1.165, 1.54) is 0 Å². The smallest absolute Gasteiger partial charge is 0.344 e. The van der Waals surface area contributed by atoms with Gasteiger partial charge in [-0.3, -0.25) is 0 Å². The molecule has 92 valence electrons. The molecule has 0 bridgehead atoms. The third-order valence-corrected chi connectivity index (χ3v) is 3.68. The summed E-state index contributed by atoms with van der Waals surface area (Å²) < 4.78 is 12.2. The molecule has 0 saturated carbocycles. The van der Waals surface area contributed by atoms with Crippen molar-refractivity contribution < 1.29 is 8.83 Å². The van der Waals surface area contributed by atoms with Gasteiger partial charge in [0.1, 0.15) is 5.58 Å². The van der Waals surface area contributed by atoms with Crippen molar-refractivity contribution in [1.29, 1.82) is 0 Å². The van der Waals surface area contributed by atoms with Gasteiger partial charge in [-0.25, -0.2) is 4.79 Å². The highest BCUT2D eigenvalue weighted by Gasteiger charge is 2.14. The third kappa shape index (κ3) is 1.47. The fourth-order valence-corrected chi connectivity index (χ4v) is 2.69. The van der Waals surface area contributed by atoms with E-state index in [2.05, 4.69) is 15.9 Å². The Morgan fingerprint density at radius 2 is 1.58 bits per heavy atom. The zero-order valence-electron chi connectivity index (χ0n) is 9.64. The maximum Gasteiger partial charge on any atom is 0.344 e. The van der Waals surface area contributed by atoms with E-state index >= 15 is 0 Å². The number of hydrogen-bond donors (Lipinski definition) is 0. The number of hydrogen-bond acceptors (Lipinski definition) is 3. The van der Waals surface area contributed by atoms with E-state index in [0.717, 1.165) is 15.2 Å². The summed E-state index contributed by atoms with van der Waals surface area (Å²) in [5.41, 5.74) is 1.48. The van der Waals surface area contributed by atoms with Crippen LogP contribution in [0, 0.1) is 0 Å². The van der Waals surface area contributed by atoms with Crippen molar-refractivity contribution in [2.24, 2.45) is 0 Å². The Morgan fingerprint density at radius 1 is 0.842 bits per heavy atom. The Hall–Kier alpha value is -2.07. The Labute approximate surface area is 115 Å². The summed E-state index contributed by atoms with van der Waals surface area (Å²) in [4.78, 5) is 12.0. The predicted octanol–water partition coefficient (Wildman–Crippen LogP) is 4.45. The second-order valence-corrected chi connectivity index (χ2v) is 5.25. The molecule has 0 unspecified atom stereocenters. The molecular formula is C15H7BrO3. The highest BCUT2D eigenvalue weighted by atomic mass is 79.9. The molecule has 4 heteroatoms. The van der Waals surface area contributed by atoms with Crippen molar-refractivity contribution in [3.05, 3.63) is 57.4 Å². The van der Waals surface area contributed by atoms with E-state index in [0.29, 0.717) is 22.1 Å². The summed E-state index contributed by atoms with van der Waals surface area (Å²) in [5.74, 6) is 0. The van der Waals surface area contributed by atoms with Gasteiger partial charge in [-0.15, -0.1) is 0 Å². The summed E-state index contributed by atoms with van der Waals surface area (Å²) in [6.45, 7) is 0. The van der Waals surface area contributed by atoms with Crippen LogP contribution in [0.5, 0.6) is 0 Å². The van der Waals surface area contributed by atoms with Gasteiger partial charge in [0.15, 0.2) is 11.2 Å². The van der Waals surface area contributed by atoms with Crippen LogP contribution in [-0.2, 0) is 0 Å². The van der Waals surface area contributed by atoms with Gasteiger partial charge >= 0.3 is 5.63 Å². The van der Waals surface area contributed by atoms with Crippen LogP contribution in [0.2, 0.25) is 0 Å². The van der Waals surface area contributed by atoms with Crippen molar-refractivity contribution in [3.8, 4) is 0 Å². The quantitative estimate of drug-likeness (QED) is 0.481. The second-order valence-electron chi connectivity index (χ2n) is 4.34. The minimum atomic E-state index is -0.342.